The first-order valence-electron chi connectivity index (χ1n) is 3.86. The molecule has 0 aromatic carbocycles. The Labute approximate surface area is 81.2 Å². The Hall–Kier alpha value is -1.34. The Morgan fingerprint density at radius 3 is 3.08 bits per heavy atom. The molecule has 0 aliphatic rings. The van der Waals surface area contributed by atoms with Crippen molar-refractivity contribution in [2.75, 3.05) is 13.6 Å². The van der Waals surface area contributed by atoms with Crippen LogP contribution in [0.4, 0.5) is 0 Å². The number of carbonyl (C=O) groups is 1. The van der Waals surface area contributed by atoms with Gasteiger partial charge in [0.25, 0.3) is 0 Å². The molecule has 0 spiro atoms. The highest BCUT2D eigenvalue weighted by Gasteiger charge is 2.08. The lowest BCUT2D eigenvalue weighted by molar-refractivity contribution is -0.128. The Balaban J connectivity index is 2.47. The van der Waals surface area contributed by atoms with Crippen LogP contribution < -0.4 is 0 Å². The zero-order valence-electron chi connectivity index (χ0n) is 7.36. The van der Waals surface area contributed by atoms with Gasteiger partial charge < -0.3 is 4.90 Å². The van der Waals surface area contributed by atoms with Crippen LogP contribution in [0.5, 0.6) is 0 Å². The van der Waals surface area contributed by atoms with E-state index >= 15 is 0 Å². The molecule has 0 fully saturated rings. The largest absolute Gasteiger partial charge is 0.332 e. The lowest BCUT2D eigenvalue weighted by Crippen LogP contribution is -2.28. The molecule has 3 nitrogen and oxygen atoms in total. The number of likely N-dealkylation sites (N-methyl/N-ethyl adjacent to an activating group) is 1. The predicted molar refractivity (Wildman–Crippen MR) is 51.3 cm³/mol. The highest BCUT2D eigenvalue weighted by molar-refractivity contribution is 7.07. The van der Waals surface area contributed by atoms with Gasteiger partial charge in [0.1, 0.15) is 6.54 Å². The first kappa shape index (κ1) is 9.75. The van der Waals surface area contributed by atoms with Crippen LogP contribution in [0.15, 0.2) is 16.8 Å². The van der Waals surface area contributed by atoms with Crippen molar-refractivity contribution in [1.29, 1.82) is 5.26 Å². The van der Waals surface area contributed by atoms with Crippen LogP contribution >= 0.6 is 11.3 Å². The maximum atomic E-state index is 11.4. The second-order valence-electron chi connectivity index (χ2n) is 2.72. The molecule has 1 heterocycles. The van der Waals surface area contributed by atoms with E-state index in [9.17, 15) is 4.79 Å². The number of amides is 1. The molecule has 4 heteroatoms. The van der Waals surface area contributed by atoms with Crippen molar-refractivity contribution in [3.05, 3.63) is 22.4 Å². The van der Waals surface area contributed by atoms with E-state index < -0.39 is 0 Å². The lowest BCUT2D eigenvalue weighted by atomic mass is 10.2. The molecule has 1 aromatic rings. The molecule has 0 aliphatic carbocycles. The van der Waals surface area contributed by atoms with Gasteiger partial charge in [0.2, 0.25) is 5.91 Å². The number of carbonyl (C=O) groups excluding carboxylic acids is 1. The van der Waals surface area contributed by atoms with Crippen LogP contribution in [-0.2, 0) is 11.2 Å². The summed E-state index contributed by atoms with van der Waals surface area (Å²) in [5, 5.41) is 12.2. The van der Waals surface area contributed by atoms with Crippen molar-refractivity contribution in [1.82, 2.24) is 4.90 Å². The molecule has 0 unspecified atom stereocenters. The number of hydrogen-bond donors (Lipinski definition) is 0. The van der Waals surface area contributed by atoms with E-state index in [1.165, 1.54) is 4.90 Å². The second-order valence-corrected chi connectivity index (χ2v) is 3.50. The van der Waals surface area contributed by atoms with Crippen LogP contribution in [0.3, 0.4) is 0 Å². The lowest BCUT2D eigenvalue weighted by Gasteiger charge is -2.11. The van der Waals surface area contributed by atoms with E-state index in [0.717, 1.165) is 5.56 Å². The van der Waals surface area contributed by atoms with E-state index in [4.69, 9.17) is 5.26 Å². The standard InChI is InChI=1S/C9H10N2OS/c1-11(4-3-10)9(12)6-8-2-5-13-7-8/h2,5,7H,4,6H2,1H3. The van der Waals surface area contributed by atoms with Crippen molar-refractivity contribution in [3.8, 4) is 6.07 Å². The van der Waals surface area contributed by atoms with Gasteiger partial charge >= 0.3 is 0 Å². The summed E-state index contributed by atoms with van der Waals surface area (Å²) >= 11 is 1.57. The van der Waals surface area contributed by atoms with Crippen molar-refractivity contribution >= 4 is 17.2 Å². The first-order chi connectivity index (χ1) is 6.24. The zero-order valence-corrected chi connectivity index (χ0v) is 8.17. The fraction of sp³-hybridized carbons (Fsp3) is 0.333. The minimum Gasteiger partial charge on any atom is -0.332 e. The molecule has 0 saturated heterocycles. The van der Waals surface area contributed by atoms with Gasteiger partial charge in [-0.05, 0) is 22.4 Å². The van der Waals surface area contributed by atoms with Gasteiger partial charge in [0, 0.05) is 7.05 Å². The summed E-state index contributed by atoms with van der Waals surface area (Å²) in [6.45, 7) is 0.156. The van der Waals surface area contributed by atoms with Gasteiger partial charge in [-0.1, -0.05) is 0 Å². The Morgan fingerprint density at radius 1 is 1.77 bits per heavy atom. The molecule has 0 N–H and O–H groups in total. The third-order valence-electron chi connectivity index (χ3n) is 1.67. The van der Waals surface area contributed by atoms with Gasteiger partial charge in [-0.3, -0.25) is 4.79 Å². The molecule has 0 saturated carbocycles. The number of nitriles is 1. The van der Waals surface area contributed by atoms with Gasteiger partial charge in [-0.25, -0.2) is 0 Å². The Bertz CT molecular complexity index is 313. The molecule has 0 radical (unpaired) electrons. The molecule has 13 heavy (non-hydrogen) atoms. The molecular weight excluding hydrogens is 184 g/mol. The monoisotopic (exact) mass is 194 g/mol. The van der Waals surface area contributed by atoms with Crippen molar-refractivity contribution in [3.63, 3.8) is 0 Å². The summed E-state index contributed by atoms with van der Waals surface area (Å²) < 4.78 is 0. The summed E-state index contributed by atoms with van der Waals surface area (Å²) in [6.07, 6.45) is 0.391. The Morgan fingerprint density at radius 2 is 2.54 bits per heavy atom. The summed E-state index contributed by atoms with van der Waals surface area (Å²) in [6, 6.07) is 3.86. The topological polar surface area (TPSA) is 44.1 Å². The molecule has 1 rings (SSSR count). The van der Waals surface area contributed by atoms with Crippen LogP contribution in [-0.4, -0.2) is 24.4 Å². The normalized spacial score (nSPS) is 9.23. The fourth-order valence-electron chi connectivity index (χ4n) is 0.897. The third-order valence-corrected chi connectivity index (χ3v) is 2.40. The van der Waals surface area contributed by atoms with E-state index in [1.54, 1.807) is 18.4 Å². The zero-order chi connectivity index (χ0) is 9.68. The molecule has 0 bridgehead atoms. The Kier molecular flexibility index (Phi) is 3.47. The predicted octanol–water partition coefficient (Wildman–Crippen LogP) is 1.27. The second kappa shape index (κ2) is 4.63. The number of thiophene rings is 1. The molecule has 68 valence electrons. The summed E-state index contributed by atoms with van der Waals surface area (Å²) in [5.74, 6) is -0.0139. The van der Waals surface area contributed by atoms with E-state index in [-0.39, 0.29) is 12.5 Å². The average molecular weight is 194 g/mol. The van der Waals surface area contributed by atoms with Gasteiger partial charge in [0.15, 0.2) is 0 Å². The highest BCUT2D eigenvalue weighted by Crippen LogP contribution is 2.07. The van der Waals surface area contributed by atoms with E-state index in [1.807, 2.05) is 22.9 Å². The van der Waals surface area contributed by atoms with Crippen LogP contribution in [0.1, 0.15) is 5.56 Å². The fourth-order valence-corrected chi connectivity index (χ4v) is 1.57. The molecule has 1 amide bonds. The van der Waals surface area contributed by atoms with Gasteiger partial charge in [-0.2, -0.15) is 16.6 Å². The van der Waals surface area contributed by atoms with Crippen LogP contribution in [0.2, 0.25) is 0 Å². The number of nitrogens with zero attached hydrogens (tertiary/aromatic N) is 2. The molecule has 1 aromatic heterocycles. The van der Waals surface area contributed by atoms with Crippen molar-refractivity contribution in [2.24, 2.45) is 0 Å². The smallest absolute Gasteiger partial charge is 0.227 e. The summed E-state index contributed by atoms with van der Waals surface area (Å²) in [4.78, 5) is 12.8. The minimum absolute atomic E-state index is 0.0139. The minimum atomic E-state index is -0.0139. The number of hydrogen-bond acceptors (Lipinski definition) is 3. The maximum Gasteiger partial charge on any atom is 0.227 e. The number of rotatable bonds is 3. The van der Waals surface area contributed by atoms with Crippen LogP contribution in [0.25, 0.3) is 0 Å². The maximum absolute atomic E-state index is 11.4. The third kappa shape index (κ3) is 2.88. The SMILES string of the molecule is CN(CC#N)C(=O)Cc1ccsc1. The summed E-state index contributed by atoms with van der Waals surface area (Å²) in [7, 11) is 1.64. The molecule has 0 aliphatic heterocycles. The van der Waals surface area contributed by atoms with Gasteiger partial charge in [0.05, 0.1) is 12.5 Å². The van der Waals surface area contributed by atoms with Crippen molar-refractivity contribution < 1.29 is 4.79 Å². The quantitative estimate of drug-likeness (QED) is 0.680. The van der Waals surface area contributed by atoms with Crippen molar-refractivity contribution in [2.45, 2.75) is 6.42 Å². The van der Waals surface area contributed by atoms with E-state index in [2.05, 4.69) is 0 Å². The summed E-state index contributed by atoms with van der Waals surface area (Å²) in [5.41, 5.74) is 1.01. The molecule has 0 atom stereocenters. The first-order valence-corrected chi connectivity index (χ1v) is 4.80. The molecular formula is C9H10N2OS. The highest BCUT2D eigenvalue weighted by atomic mass is 32.1. The van der Waals surface area contributed by atoms with Crippen LogP contribution in [0, 0.1) is 11.3 Å². The van der Waals surface area contributed by atoms with E-state index in [0.29, 0.717) is 6.42 Å². The average Bonchev–Trinajstić information content (AvgIpc) is 2.57. The van der Waals surface area contributed by atoms with Gasteiger partial charge in [-0.15, -0.1) is 0 Å².